The highest BCUT2D eigenvalue weighted by Gasteiger charge is 2.38. The minimum absolute atomic E-state index is 0.0258. The van der Waals surface area contributed by atoms with Crippen molar-refractivity contribution in [2.24, 2.45) is 17.2 Å². The number of nitrogens with zero attached hydrogens (tertiary/aromatic N) is 2. The van der Waals surface area contributed by atoms with E-state index in [0.29, 0.717) is 46.2 Å². The fraction of sp³-hybridized carbons (Fsp3) is 0.311. The number of benzene rings is 4. The summed E-state index contributed by atoms with van der Waals surface area (Å²) in [5, 5.41) is 2.81. The van der Waals surface area contributed by atoms with Crippen molar-refractivity contribution in [3.05, 3.63) is 140 Å². The molecule has 59 heavy (non-hydrogen) atoms. The topological polar surface area (TPSA) is 225 Å². The molecule has 0 saturated heterocycles. The molecular formula is C45H50N6O8. The third kappa shape index (κ3) is 9.90. The van der Waals surface area contributed by atoms with Crippen LogP contribution in [0.25, 0.3) is 0 Å². The molecule has 0 spiro atoms. The largest absolute Gasteiger partial charge is 0.444 e. The number of hydrogen-bond donors (Lipinski definition) is 4. The highest BCUT2D eigenvalue weighted by atomic mass is 16.6. The van der Waals surface area contributed by atoms with Crippen molar-refractivity contribution in [1.82, 2.24) is 15.1 Å². The van der Waals surface area contributed by atoms with E-state index < -0.39 is 47.4 Å². The monoisotopic (exact) mass is 802 g/mol. The number of amides is 7. The van der Waals surface area contributed by atoms with Crippen LogP contribution in [0.2, 0.25) is 0 Å². The summed E-state index contributed by atoms with van der Waals surface area (Å²) in [4.78, 5) is 88.5. The van der Waals surface area contributed by atoms with Gasteiger partial charge in [0.2, 0.25) is 11.8 Å². The second kappa shape index (κ2) is 17.4. The van der Waals surface area contributed by atoms with Crippen molar-refractivity contribution in [2.45, 2.75) is 79.0 Å². The van der Waals surface area contributed by atoms with Crippen molar-refractivity contribution in [3.8, 4) is 0 Å². The second-order valence-electron chi connectivity index (χ2n) is 16.0. The standard InChI is InChI=1S/C25H29N3O5.C20H21N3O3/c1-14-10-16(21(26)29)11-15(2)20(14)12-17(27-24(32)33-25(3,4)5)13-28-22(30)18-8-6-7-9-19(18)23(28)31;1-11-7-13(18(22)24)8-12(2)17(11)9-14(21)10-23-19(25)15-5-3-4-6-16(15)20(23)26/h6-11,17H,12-13H2,1-5H3,(H2,26,29)(H,27,32);3-8,14H,9-10,21H2,1-2H3,(H2,22,24)/t17-;14-/m00/s1. The zero-order valence-corrected chi connectivity index (χ0v) is 34.3. The van der Waals surface area contributed by atoms with Gasteiger partial charge in [0.05, 0.1) is 34.8 Å². The van der Waals surface area contributed by atoms with Crippen LogP contribution < -0.4 is 22.5 Å². The van der Waals surface area contributed by atoms with Gasteiger partial charge >= 0.3 is 6.09 Å². The zero-order valence-electron chi connectivity index (χ0n) is 34.3. The number of aryl methyl sites for hydroxylation is 4. The molecule has 14 heteroatoms. The molecule has 0 radical (unpaired) electrons. The van der Waals surface area contributed by atoms with Crippen LogP contribution in [0.15, 0.2) is 72.8 Å². The first-order valence-corrected chi connectivity index (χ1v) is 19.1. The van der Waals surface area contributed by atoms with Crippen molar-refractivity contribution in [2.75, 3.05) is 13.1 Å². The quantitative estimate of drug-likeness (QED) is 0.154. The minimum Gasteiger partial charge on any atom is -0.444 e. The van der Waals surface area contributed by atoms with Crippen LogP contribution in [-0.4, -0.2) is 82.1 Å². The first-order valence-electron chi connectivity index (χ1n) is 19.1. The lowest BCUT2D eigenvalue weighted by Crippen LogP contribution is -2.48. The Morgan fingerprint density at radius 1 is 0.610 bits per heavy atom. The van der Waals surface area contributed by atoms with E-state index in [2.05, 4.69) is 5.32 Å². The van der Waals surface area contributed by atoms with Gasteiger partial charge in [0, 0.05) is 23.7 Å². The van der Waals surface area contributed by atoms with E-state index in [1.807, 2.05) is 27.7 Å². The molecule has 0 fully saturated rings. The predicted molar refractivity (Wildman–Crippen MR) is 221 cm³/mol. The first kappa shape index (κ1) is 43.5. The molecule has 0 saturated carbocycles. The van der Waals surface area contributed by atoms with Gasteiger partial charge in [0.1, 0.15) is 5.60 Å². The normalized spacial score (nSPS) is 14.3. The molecule has 2 aliphatic heterocycles. The van der Waals surface area contributed by atoms with Gasteiger partial charge < -0.3 is 27.3 Å². The van der Waals surface area contributed by atoms with E-state index in [-0.39, 0.29) is 24.9 Å². The van der Waals surface area contributed by atoms with Crippen LogP contribution in [0.5, 0.6) is 0 Å². The lowest BCUT2D eigenvalue weighted by Gasteiger charge is -2.27. The number of nitrogens with two attached hydrogens (primary N) is 3. The lowest BCUT2D eigenvalue weighted by molar-refractivity contribution is 0.0467. The predicted octanol–water partition coefficient (Wildman–Crippen LogP) is 4.70. The number of carbonyl (C=O) groups is 7. The van der Waals surface area contributed by atoms with Crippen LogP contribution in [0.1, 0.15) is 116 Å². The number of primary amides is 2. The van der Waals surface area contributed by atoms with Crippen LogP contribution in [0.3, 0.4) is 0 Å². The van der Waals surface area contributed by atoms with E-state index in [9.17, 15) is 33.6 Å². The van der Waals surface area contributed by atoms with Gasteiger partial charge in [-0.1, -0.05) is 24.3 Å². The van der Waals surface area contributed by atoms with Gasteiger partial charge in [0.25, 0.3) is 23.6 Å². The number of rotatable bonds is 11. The zero-order chi connectivity index (χ0) is 43.5. The van der Waals surface area contributed by atoms with Crippen molar-refractivity contribution in [3.63, 3.8) is 0 Å². The number of carbonyl (C=O) groups excluding carboxylic acids is 7. The van der Waals surface area contributed by atoms with Crippen molar-refractivity contribution >= 4 is 41.5 Å². The number of alkyl carbamates (subject to hydrolysis) is 1. The number of fused-ring (bicyclic) bond motifs is 2. The molecule has 2 atom stereocenters. The number of imide groups is 2. The van der Waals surface area contributed by atoms with Crippen LogP contribution in [0.4, 0.5) is 4.79 Å². The minimum atomic E-state index is -0.709. The Morgan fingerprint density at radius 2 is 0.949 bits per heavy atom. The number of ether oxygens (including phenoxy) is 1. The van der Waals surface area contributed by atoms with Crippen molar-refractivity contribution in [1.29, 1.82) is 0 Å². The van der Waals surface area contributed by atoms with Crippen LogP contribution >= 0.6 is 0 Å². The molecule has 0 aromatic heterocycles. The highest BCUT2D eigenvalue weighted by molar-refractivity contribution is 6.22. The Kier molecular flexibility index (Phi) is 12.8. The maximum Gasteiger partial charge on any atom is 0.407 e. The van der Waals surface area contributed by atoms with Gasteiger partial charge in [-0.05, 0) is 143 Å². The molecule has 14 nitrogen and oxygen atoms in total. The fourth-order valence-electron chi connectivity index (χ4n) is 7.39. The summed E-state index contributed by atoms with van der Waals surface area (Å²) >= 11 is 0. The number of hydrogen-bond acceptors (Lipinski definition) is 9. The molecule has 4 aromatic carbocycles. The maximum atomic E-state index is 12.9. The van der Waals surface area contributed by atoms with Gasteiger partial charge in [-0.15, -0.1) is 0 Å². The Balaban J connectivity index is 0.000000230. The summed E-state index contributed by atoms with van der Waals surface area (Å²) in [5.74, 6) is -2.41. The van der Waals surface area contributed by atoms with Gasteiger partial charge in [-0.25, -0.2) is 4.79 Å². The van der Waals surface area contributed by atoms with Crippen LogP contribution in [-0.2, 0) is 17.6 Å². The summed E-state index contributed by atoms with van der Waals surface area (Å²) in [6.07, 6.45) is 0.168. The summed E-state index contributed by atoms with van der Waals surface area (Å²) in [6.45, 7) is 12.9. The van der Waals surface area contributed by atoms with Gasteiger partial charge in [-0.3, -0.25) is 38.6 Å². The third-order valence-corrected chi connectivity index (χ3v) is 10.2. The molecule has 2 heterocycles. The average molecular weight is 803 g/mol. The second-order valence-corrected chi connectivity index (χ2v) is 16.0. The third-order valence-electron chi connectivity index (χ3n) is 10.2. The molecule has 4 aromatic rings. The molecule has 0 aliphatic carbocycles. The molecule has 6 rings (SSSR count). The Labute approximate surface area is 343 Å². The molecule has 0 bridgehead atoms. The SMILES string of the molecule is Cc1cc(C(N)=O)cc(C)c1C[C@@H](CN1C(=O)c2ccccc2C1=O)NC(=O)OC(C)(C)C.Cc1cc(C(N)=O)cc(C)c1C[C@H](N)CN1C(=O)c2ccccc2C1=O. The van der Waals surface area contributed by atoms with Gasteiger partial charge in [-0.2, -0.15) is 0 Å². The van der Waals surface area contributed by atoms with E-state index >= 15 is 0 Å². The summed E-state index contributed by atoms with van der Waals surface area (Å²) in [6, 6.07) is 19.2. The number of nitrogens with one attached hydrogen (secondary N) is 1. The average Bonchev–Trinajstić information content (AvgIpc) is 3.53. The Morgan fingerprint density at radius 3 is 1.29 bits per heavy atom. The molecular weight excluding hydrogens is 753 g/mol. The van der Waals surface area contributed by atoms with Crippen molar-refractivity contribution < 1.29 is 38.3 Å². The maximum absolute atomic E-state index is 12.9. The summed E-state index contributed by atoms with van der Waals surface area (Å²) < 4.78 is 5.40. The summed E-state index contributed by atoms with van der Waals surface area (Å²) in [7, 11) is 0. The van der Waals surface area contributed by atoms with Gasteiger partial charge in [0.15, 0.2) is 0 Å². The molecule has 2 aliphatic rings. The molecule has 7 N–H and O–H groups in total. The van der Waals surface area contributed by atoms with E-state index in [0.717, 1.165) is 38.3 Å². The Hall–Kier alpha value is -6.67. The fourth-order valence-corrected chi connectivity index (χ4v) is 7.39. The van der Waals surface area contributed by atoms with E-state index in [1.54, 1.807) is 93.6 Å². The van der Waals surface area contributed by atoms with Crippen LogP contribution in [0, 0.1) is 27.7 Å². The van der Waals surface area contributed by atoms with E-state index in [4.69, 9.17) is 21.9 Å². The smallest absolute Gasteiger partial charge is 0.407 e. The first-order chi connectivity index (χ1) is 27.7. The highest BCUT2D eigenvalue weighted by Crippen LogP contribution is 2.26. The summed E-state index contributed by atoms with van der Waals surface area (Å²) in [5.41, 5.74) is 24.0. The Bertz CT molecular complexity index is 2270. The molecule has 308 valence electrons. The van der Waals surface area contributed by atoms with E-state index in [1.165, 1.54) is 4.90 Å². The lowest BCUT2D eigenvalue weighted by atomic mass is 9.93. The molecule has 7 amide bonds. The molecule has 0 unspecified atom stereocenters.